The number of nitrogens with one attached hydrogen (secondary N) is 1. The van der Waals surface area contributed by atoms with Crippen molar-refractivity contribution in [1.82, 2.24) is 0 Å². The van der Waals surface area contributed by atoms with Crippen molar-refractivity contribution in [2.45, 2.75) is 33.1 Å². The maximum absolute atomic E-state index is 8.25. The lowest BCUT2D eigenvalue weighted by molar-refractivity contribution is -0.402. The van der Waals surface area contributed by atoms with E-state index in [1.807, 2.05) is 0 Å². The smallest absolute Gasteiger partial charge is 0.329 e. The molecule has 0 saturated carbocycles. The average molecular weight is 233 g/mol. The number of nitrogen functional groups attached to an aromatic ring is 1. The highest BCUT2D eigenvalue weighted by molar-refractivity contribution is 7.15. The minimum Gasteiger partial charge on any atom is -0.356 e. The maximum Gasteiger partial charge on any atom is 0.329 e. The van der Waals surface area contributed by atoms with E-state index in [0.717, 1.165) is 5.13 Å². The van der Waals surface area contributed by atoms with Gasteiger partial charge in [0, 0.05) is 0 Å². The second-order valence-corrected chi connectivity index (χ2v) is 4.10. The van der Waals surface area contributed by atoms with Crippen LogP contribution in [-0.4, -0.2) is 5.09 Å². The van der Waals surface area contributed by atoms with Gasteiger partial charge in [0.25, 0.3) is 0 Å². The summed E-state index contributed by atoms with van der Waals surface area (Å²) >= 11 is 1.68. The summed E-state index contributed by atoms with van der Waals surface area (Å²) in [6, 6.07) is 0. The lowest BCUT2D eigenvalue weighted by Gasteiger charge is -1.91. The predicted octanol–water partition coefficient (Wildman–Crippen LogP) is 1.56. The predicted molar refractivity (Wildman–Crippen MR) is 59.0 cm³/mol. The molecule has 0 aromatic carbocycles. The summed E-state index contributed by atoms with van der Waals surface area (Å²) in [7, 11) is 0. The summed E-state index contributed by atoms with van der Waals surface area (Å²) in [6.45, 7) is 4.29. The van der Waals surface area contributed by atoms with Gasteiger partial charge in [-0.2, -0.15) is 0 Å². The van der Waals surface area contributed by atoms with Crippen LogP contribution in [0.15, 0.2) is 0 Å². The number of aryl methyl sites for hydroxylation is 2. The van der Waals surface area contributed by atoms with Crippen molar-refractivity contribution in [2.75, 3.05) is 5.73 Å². The van der Waals surface area contributed by atoms with Crippen LogP contribution in [0.3, 0.4) is 0 Å². The van der Waals surface area contributed by atoms with Gasteiger partial charge >= 0.3 is 5.13 Å². The Morgan fingerprint density at radius 1 is 1.53 bits per heavy atom. The summed E-state index contributed by atoms with van der Waals surface area (Å²) in [5.41, 5.74) is 6.85. The molecule has 7 heteroatoms. The molecule has 6 nitrogen and oxygen atoms in total. The van der Waals surface area contributed by atoms with Gasteiger partial charge in [-0.05, 0) is 19.8 Å². The topological polar surface area (TPSA) is 106 Å². The second-order valence-electron chi connectivity index (χ2n) is 2.97. The van der Waals surface area contributed by atoms with E-state index in [-0.39, 0.29) is 0 Å². The van der Waals surface area contributed by atoms with E-state index in [1.165, 1.54) is 29.8 Å². The first kappa shape index (κ1) is 13.6. The molecule has 0 aliphatic heterocycles. The standard InChI is InChI=1S/C8H14N2S.NO3/c1-3-4-5-7-6(2)10-8(9)11-7;2-1(3)4/h3-5H2,1-2H3,(H2,9,10);/q;-1/p+1. The Hall–Kier alpha value is -1.37. The zero-order chi connectivity index (χ0) is 11.8. The third kappa shape index (κ3) is 6.67. The number of hydrogen-bond acceptors (Lipinski definition) is 5. The van der Waals surface area contributed by atoms with Gasteiger partial charge in [0.2, 0.25) is 0 Å². The van der Waals surface area contributed by atoms with Crippen molar-refractivity contribution in [3.63, 3.8) is 0 Å². The number of unbranched alkanes of at least 4 members (excludes halogenated alkanes) is 1. The van der Waals surface area contributed by atoms with Crippen molar-refractivity contribution < 1.29 is 10.1 Å². The minimum atomic E-state index is -1.75. The number of anilines is 1. The molecule has 0 aliphatic carbocycles. The zero-order valence-electron chi connectivity index (χ0n) is 8.78. The Balaban J connectivity index is 0.000000423. The molecule has 0 bridgehead atoms. The second kappa shape index (κ2) is 6.99. The van der Waals surface area contributed by atoms with Crippen molar-refractivity contribution >= 4 is 16.5 Å². The fourth-order valence-corrected chi connectivity index (χ4v) is 1.99. The number of aromatic amines is 1. The van der Waals surface area contributed by atoms with Crippen molar-refractivity contribution in [2.24, 2.45) is 0 Å². The number of thiazole rings is 1. The van der Waals surface area contributed by atoms with Crippen LogP contribution in [0.5, 0.6) is 0 Å². The number of nitrogens with zero attached hydrogens (tertiary/aromatic N) is 1. The number of hydrogen-bond donors (Lipinski definition) is 1. The molecule has 1 aromatic heterocycles. The molecule has 86 valence electrons. The number of nitrogens with two attached hydrogens (primary N) is 1. The Morgan fingerprint density at radius 3 is 2.40 bits per heavy atom. The minimum absolute atomic E-state index is 0.827. The van der Waals surface area contributed by atoms with Gasteiger partial charge < -0.3 is 15.3 Å². The highest BCUT2D eigenvalue weighted by atomic mass is 32.1. The van der Waals surface area contributed by atoms with E-state index in [9.17, 15) is 0 Å². The molecule has 0 aliphatic rings. The number of rotatable bonds is 3. The Morgan fingerprint density at radius 2 is 2.07 bits per heavy atom. The Kier molecular flexibility index (Phi) is 6.35. The average Bonchev–Trinajstić information content (AvgIpc) is 2.40. The van der Waals surface area contributed by atoms with Crippen molar-refractivity contribution in [1.29, 1.82) is 0 Å². The van der Waals surface area contributed by atoms with Gasteiger partial charge in [-0.1, -0.05) is 24.7 Å². The molecule has 15 heavy (non-hydrogen) atoms. The van der Waals surface area contributed by atoms with Crippen LogP contribution in [0.1, 0.15) is 30.3 Å². The van der Waals surface area contributed by atoms with E-state index in [1.54, 1.807) is 11.3 Å². The first-order valence-corrected chi connectivity index (χ1v) is 5.37. The van der Waals surface area contributed by atoms with Gasteiger partial charge in [-0.25, -0.2) is 4.98 Å². The normalized spacial score (nSPS) is 9.20. The fraction of sp³-hybridized carbons (Fsp3) is 0.625. The largest absolute Gasteiger partial charge is 0.356 e. The molecule has 0 spiro atoms. The van der Waals surface area contributed by atoms with Crippen LogP contribution in [0.4, 0.5) is 5.13 Å². The Bertz CT molecular complexity index is 310. The molecule has 0 unspecified atom stereocenters. The number of H-pyrrole nitrogens is 1. The van der Waals surface area contributed by atoms with Gasteiger partial charge in [0.15, 0.2) is 0 Å². The lowest BCUT2D eigenvalue weighted by Crippen LogP contribution is -2.07. The summed E-state index contributed by atoms with van der Waals surface area (Å²) in [5.74, 6) is 0. The maximum atomic E-state index is 8.25. The van der Waals surface area contributed by atoms with E-state index in [0.29, 0.717) is 0 Å². The van der Waals surface area contributed by atoms with Crippen LogP contribution in [0, 0.1) is 22.2 Å². The lowest BCUT2D eigenvalue weighted by atomic mass is 10.2. The highest BCUT2D eigenvalue weighted by Crippen LogP contribution is 2.17. The molecule has 1 rings (SSSR count). The summed E-state index contributed by atoms with van der Waals surface area (Å²) in [6.07, 6.45) is 3.67. The summed E-state index contributed by atoms with van der Waals surface area (Å²) in [4.78, 5) is 12.8. The monoisotopic (exact) mass is 233 g/mol. The molecule has 0 atom stereocenters. The van der Waals surface area contributed by atoms with Crippen LogP contribution < -0.4 is 10.7 Å². The van der Waals surface area contributed by atoms with E-state index in [2.05, 4.69) is 18.8 Å². The van der Waals surface area contributed by atoms with Crippen molar-refractivity contribution in [3.8, 4) is 0 Å². The summed E-state index contributed by atoms with van der Waals surface area (Å²) < 4.78 is 0. The van der Waals surface area contributed by atoms with Crippen LogP contribution >= 0.6 is 11.3 Å². The quantitative estimate of drug-likeness (QED) is 0.631. The van der Waals surface area contributed by atoms with Crippen LogP contribution in [0.2, 0.25) is 0 Å². The molecular formula is C8H15N3O3S. The third-order valence-electron chi connectivity index (χ3n) is 1.72. The molecule has 0 amide bonds. The molecule has 0 fully saturated rings. The summed E-state index contributed by atoms with van der Waals surface area (Å²) in [5, 5.41) is 15.6. The molecule has 3 N–H and O–H groups in total. The Labute approximate surface area is 91.9 Å². The van der Waals surface area contributed by atoms with E-state index < -0.39 is 5.09 Å². The highest BCUT2D eigenvalue weighted by Gasteiger charge is 2.07. The van der Waals surface area contributed by atoms with Gasteiger partial charge in [-0.3, -0.25) is 5.73 Å². The SMILES string of the molecule is CCCCc1sc(N)[nH+]c1C.O=[N+]([O-])[O-]. The third-order valence-corrected chi connectivity index (χ3v) is 2.80. The van der Waals surface area contributed by atoms with Crippen molar-refractivity contribution in [3.05, 3.63) is 25.9 Å². The molecule has 0 radical (unpaired) electrons. The van der Waals surface area contributed by atoms with Gasteiger partial charge in [-0.15, -0.1) is 0 Å². The van der Waals surface area contributed by atoms with E-state index >= 15 is 0 Å². The van der Waals surface area contributed by atoms with Gasteiger partial charge in [0.05, 0.1) is 9.96 Å². The zero-order valence-corrected chi connectivity index (χ0v) is 9.60. The van der Waals surface area contributed by atoms with Crippen LogP contribution in [-0.2, 0) is 6.42 Å². The fourth-order valence-electron chi connectivity index (χ4n) is 1.07. The first-order valence-electron chi connectivity index (χ1n) is 4.56. The van der Waals surface area contributed by atoms with Crippen LogP contribution in [0.25, 0.3) is 0 Å². The molecule has 1 heterocycles. The van der Waals surface area contributed by atoms with E-state index in [4.69, 9.17) is 21.1 Å². The number of aromatic nitrogens is 1. The molecule has 0 saturated heterocycles. The first-order chi connectivity index (χ1) is 6.97. The molecular weight excluding hydrogens is 218 g/mol. The van der Waals surface area contributed by atoms with Gasteiger partial charge in [0.1, 0.15) is 5.69 Å². The molecule has 1 aromatic rings.